The molecule has 0 aromatic carbocycles. The molecule has 0 aliphatic heterocycles. The van der Waals surface area contributed by atoms with Gasteiger partial charge >= 0.3 is 0 Å². The monoisotopic (exact) mass is 286 g/mol. The Morgan fingerprint density at radius 2 is 2.19 bits per heavy atom. The number of hydrogen-bond donors (Lipinski definition) is 0. The molecular formula is C16H22N4O. The Kier molecular flexibility index (Phi) is 3.90. The van der Waals surface area contributed by atoms with Gasteiger partial charge in [0, 0.05) is 31.3 Å². The molecule has 0 saturated heterocycles. The number of pyridine rings is 1. The van der Waals surface area contributed by atoms with Crippen LogP contribution in [0.25, 0.3) is 11.5 Å². The Bertz CT molecular complexity index is 604. The molecule has 2 aromatic heterocycles. The molecule has 0 bridgehead atoms. The summed E-state index contributed by atoms with van der Waals surface area (Å²) in [5.74, 6) is 3.36. The summed E-state index contributed by atoms with van der Waals surface area (Å²) in [5, 5.41) is 4.02. The Labute approximate surface area is 125 Å². The predicted octanol–water partition coefficient (Wildman–Crippen LogP) is 3.49. The zero-order valence-corrected chi connectivity index (χ0v) is 12.9. The fraction of sp³-hybridized carbons (Fsp3) is 0.562. The van der Waals surface area contributed by atoms with E-state index in [1.807, 2.05) is 12.1 Å². The number of aromatic nitrogens is 3. The molecule has 0 spiro atoms. The molecule has 5 nitrogen and oxygen atoms in total. The first kappa shape index (κ1) is 14.0. The summed E-state index contributed by atoms with van der Waals surface area (Å²) in [7, 11) is 2.10. The molecule has 0 N–H and O–H groups in total. The van der Waals surface area contributed by atoms with Gasteiger partial charge in [0.15, 0.2) is 5.82 Å². The van der Waals surface area contributed by atoms with Gasteiger partial charge in [0.2, 0.25) is 0 Å². The molecule has 0 radical (unpaired) electrons. The van der Waals surface area contributed by atoms with Crippen LogP contribution in [0.15, 0.2) is 22.9 Å². The largest absolute Gasteiger partial charge is 0.359 e. The number of anilines is 1. The molecule has 1 saturated carbocycles. The van der Waals surface area contributed by atoms with Crippen molar-refractivity contribution in [1.29, 1.82) is 0 Å². The van der Waals surface area contributed by atoms with E-state index >= 15 is 0 Å². The highest BCUT2D eigenvalue weighted by Crippen LogP contribution is 2.29. The first-order valence-electron chi connectivity index (χ1n) is 7.64. The summed E-state index contributed by atoms with van der Waals surface area (Å²) in [5.41, 5.74) is 0.930. The SMILES string of the molecule is CC(C)c1noc(-c2ccnc(N(C)CC3CCC3)c2)n1. The molecule has 0 unspecified atom stereocenters. The van der Waals surface area contributed by atoms with Crippen LogP contribution >= 0.6 is 0 Å². The molecule has 1 aliphatic rings. The van der Waals surface area contributed by atoms with Crippen molar-refractivity contribution in [2.75, 3.05) is 18.5 Å². The molecule has 0 atom stereocenters. The van der Waals surface area contributed by atoms with Gasteiger partial charge in [0.05, 0.1) is 0 Å². The molecule has 112 valence electrons. The molecule has 21 heavy (non-hydrogen) atoms. The van der Waals surface area contributed by atoms with Crippen molar-refractivity contribution >= 4 is 5.82 Å². The lowest BCUT2D eigenvalue weighted by atomic mass is 9.85. The highest BCUT2D eigenvalue weighted by atomic mass is 16.5. The van der Waals surface area contributed by atoms with Crippen molar-refractivity contribution in [2.24, 2.45) is 5.92 Å². The van der Waals surface area contributed by atoms with E-state index in [4.69, 9.17) is 4.52 Å². The van der Waals surface area contributed by atoms with Gasteiger partial charge < -0.3 is 9.42 Å². The van der Waals surface area contributed by atoms with E-state index in [1.165, 1.54) is 19.3 Å². The van der Waals surface area contributed by atoms with E-state index in [2.05, 4.69) is 40.9 Å². The highest BCUT2D eigenvalue weighted by molar-refractivity contribution is 5.58. The molecule has 5 heteroatoms. The van der Waals surface area contributed by atoms with Gasteiger partial charge in [-0.15, -0.1) is 0 Å². The summed E-state index contributed by atoms with van der Waals surface area (Å²) in [6, 6.07) is 3.94. The van der Waals surface area contributed by atoms with Crippen LogP contribution in [-0.2, 0) is 0 Å². The van der Waals surface area contributed by atoms with Crippen LogP contribution in [-0.4, -0.2) is 28.7 Å². The summed E-state index contributed by atoms with van der Waals surface area (Å²) in [6.07, 6.45) is 5.85. The van der Waals surface area contributed by atoms with Gasteiger partial charge in [-0.2, -0.15) is 4.98 Å². The van der Waals surface area contributed by atoms with E-state index in [0.29, 0.717) is 5.89 Å². The minimum absolute atomic E-state index is 0.269. The molecule has 0 amide bonds. The first-order valence-corrected chi connectivity index (χ1v) is 7.64. The van der Waals surface area contributed by atoms with Gasteiger partial charge in [-0.3, -0.25) is 0 Å². The lowest BCUT2D eigenvalue weighted by Crippen LogP contribution is -2.29. The summed E-state index contributed by atoms with van der Waals surface area (Å²) < 4.78 is 5.35. The standard InChI is InChI=1S/C16H22N4O/c1-11(2)15-18-16(21-19-15)13-7-8-17-14(9-13)20(3)10-12-5-4-6-12/h7-9,11-12H,4-6,10H2,1-3H3. The summed E-state index contributed by atoms with van der Waals surface area (Å²) >= 11 is 0. The lowest BCUT2D eigenvalue weighted by molar-refractivity contribution is 0.321. The van der Waals surface area contributed by atoms with Crippen LogP contribution < -0.4 is 4.90 Å². The zero-order chi connectivity index (χ0) is 14.8. The van der Waals surface area contributed by atoms with Crippen molar-refractivity contribution in [3.05, 3.63) is 24.2 Å². The third-order valence-electron chi connectivity index (χ3n) is 4.10. The Balaban J connectivity index is 1.78. The second kappa shape index (κ2) is 5.84. The fourth-order valence-corrected chi connectivity index (χ4v) is 2.50. The van der Waals surface area contributed by atoms with Gasteiger partial charge in [0.25, 0.3) is 5.89 Å². The van der Waals surface area contributed by atoms with Crippen molar-refractivity contribution in [3.63, 3.8) is 0 Å². The quantitative estimate of drug-likeness (QED) is 0.842. The summed E-state index contributed by atoms with van der Waals surface area (Å²) in [6.45, 7) is 5.18. The van der Waals surface area contributed by atoms with Gasteiger partial charge in [-0.1, -0.05) is 25.4 Å². The van der Waals surface area contributed by atoms with E-state index in [-0.39, 0.29) is 5.92 Å². The third kappa shape index (κ3) is 3.06. The molecular weight excluding hydrogens is 264 g/mol. The minimum Gasteiger partial charge on any atom is -0.359 e. The van der Waals surface area contributed by atoms with Crippen LogP contribution in [0.5, 0.6) is 0 Å². The molecule has 3 rings (SSSR count). The highest BCUT2D eigenvalue weighted by Gasteiger charge is 2.20. The van der Waals surface area contributed by atoms with Crippen molar-refractivity contribution in [2.45, 2.75) is 39.0 Å². The van der Waals surface area contributed by atoms with Crippen LogP contribution in [0.4, 0.5) is 5.82 Å². The Hall–Kier alpha value is -1.91. The fourth-order valence-electron chi connectivity index (χ4n) is 2.50. The first-order chi connectivity index (χ1) is 10.1. The Morgan fingerprint density at radius 1 is 1.38 bits per heavy atom. The van der Waals surface area contributed by atoms with Gasteiger partial charge in [0.1, 0.15) is 5.82 Å². The minimum atomic E-state index is 0.269. The van der Waals surface area contributed by atoms with Crippen molar-refractivity contribution in [3.8, 4) is 11.5 Å². The van der Waals surface area contributed by atoms with E-state index < -0.39 is 0 Å². The average Bonchev–Trinajstić information content (AvgIpc) is 2.93. The number of hydrogen-bond acceptors (Lipinski definition) is 5. The maximum absolute atomic E-state index is 5.35. The third-order valence-corrected chi connectivity index (χ3v) is 4.10. The molecule has 1 fully saturated rings. The maximum atomic E-state index is 5.35. The number of nitrogens with zero attached hydrogens (tertiary/aromatic N) is 4. The smallest absolute Gasteiger partial charge is 0.258 e. The second-order valence-corrected chi connectivity index (χ2v) is 6.19. The van der Waals surface area contributed by atoms with E-state index in [1.54, 1.807) is 6.20 Å². The molecule has 2 heterocycles. The van der Waals surface area contributed by atoms with Crippen molar-refractivity contribution in [1.82, 2.24) is 15.1 Å². The lowest BCUT2D eigenvalue weighted by Gasteiger charge is -2.30. The van der Waals surface area contributed by atoms with E-state index in [0.717, 1.165) is 29.7 Å². The van der Waals surface area contributed by atoms with Crippen LogP contribution in [0.2, 0.25) is 0 Å². The predicted molar refractivity (Wildman–Crippen MR) is 82.2 cm³/mol. The second-order valence-electron chi connectivity index (χ2n) is 6.19. The summed E-state index contributed by atoms with van der Waals surface area (Å²) in [4.78, 5) is 11.1. The number of rotatable bonds is 5. The molecule has 2 aromatic rings. The van der Waals surface area contributed by atoms with Gasteiger partial charge in [-0.25, -0.2) is 4.98 Å². The zero-order valence-electron chi connectivity index (χ0n) is 12.9. The van der Waals surface area contributed by atoms with Crippen LogP contribution in [0.1, 0.15) is 44.9 Å². The normalized spacial score (nSPS) is 15.2. The van der Waals surface area contributed by atoms with E-state index in [9.17, 15) is 0 Å². The Morgan fingerprint density at radius 3 is 2.81 bits per heavy atom. The van der Waals surface area contributed by atoms with Crippen LogP contribution in [0.3, 0.4) is 0 Å². The van der Waals surface area contributed by atoms with Gasteiger partial charge in [-0.05, 0) is 30.9 Å². The maximum Gasteiger partial charge on any atom is 0.258 e. The molecule has 1 aliphatic carbocycles. The average molecular weight is 286 g/mol. The van der Waals surface area contributed by atoms with Crippen LogP contribution in [0, 0.1) is 5.92 Å². The topological polar surface area (TPSA) is 55.1 Å². The van der Waals surface area contributed by atoms with Crippen molar-refractivity contribution < 1.29 is 4.52 Å².